The SMILES string of the molecule is CN=C(NCCc1nc(-c2cccc(Cl)c2)no1)NCc1cc(C(C)C)no1.I. The van der Waals surface area contributed by atoms with E-state index in [9.17, 15) is 0 Å². The number of guanidine groups is 1. The van der Waals surface area contributed by atoms with Gasteiger partial charge in [-0.05, 0) is 18.1 Å². The summed E-state index contributed by atoms with van der Waals surface area (Å²) in [6, 6.07) is 9.29. The van der Waals surface area contributed by atoms with Gasteiger partial charge < -0.3 is 19.7 Å². The average molecular weight is 531 g/mol. The third kappa shape index (κ3) is 6.70. The summed E-state index contributed by atoms with van der Waals surface area (Å²) in [5.74, 6) is 2.80. The van der Waals surface area contributed by atoms with Crippen molar-refractivity contribution < 1.29 is 9.05 Å². The van der Waals surface area contributed by atoms with Gasteiger partial charge in [0.15, 0.2) is 11.7 Å². The molecule has 29 heavy (non-hydrogen) atoms. The third-order valence-electron chi connectivity index (χ3n) is 4.00. The number of nitrogens with one attached hydrogen (secondary N) is 2. The van der Waals surface area contributed by atoms with E-state index in [1.807, 2.05) is 18.2 Å². The van der Waals surface area contributed by atoms with Crippen molar-refractivity contribution in [2.45, 2.75) is 32.7 Å². The first-order valence-corrected chi connectivity index (χ1v) is 9.41. The molecule has 0 bridgehead atoms. The van der Waals surface area contributed by atoms with Gasteiger partial charge in [-0.25, -0.2) is 0 Å². The lowest BCUT2D eigenvalue weighted by Crippen LogP contribution is -2.37. The zero-order chi connectivity index (χ0) is 19.9. The molecule has 0 spiro atoms. The molecular weight excluding hydrogens is 507 g/mol. The lowest BCUT2D eigenvalue weighted by Gasteiger charge is -2.09. The molecule has 0 unspecified atom stereocenters. The topological polar surface area (TPSA) is 101 Å². The number of benzene rings is 1. The summed E-state index contributed by atoms with van der Waals surface area (Å²) in [4.78, 5) is 8.59. The van der Waals surface area contributed by atoms with Gasteiger partial charge in [-0.3, -0.25) is 4.99 Å². The minimum atomic E-state index is 0. The van der Waals surface area contributed by atoms with E-state index in [0.29, 0.717) is 48.1 Å². The molecular formula is C19H24ClIN6O2. The molecule has 1 aromatic carbocycles. The zero-order valence-corrected chi connectivity index (χ0v) is 19.6. The van der Waals surface area contributed by atoms with Gasteiger partial charge in [0.1, 0.15) is 0 Å². The van der Waals surface area contributed by atoms with E-state index < -0.39 is 0 Å². The first-order valence-electron chi connectivity index (χ1n) is 9.03. The second-order valence-electron chi connectivity index (χ2n) is 6.50. The summed E-state index contributed by atoms with van der Waals surface area (Å²) in [7, 11) is 1.71. The Hall–Kier alpha value is -2.14. The van der Waals surface area contributed by atoms with Gasteiger partial charge in [0.2, 0.25) is 11.7 Å². The molecule has 3 aromatic rings. The number of aromatic nitrogens is 3. The maximum atomic E-state index is 6.00. The van der Waals surface area contributed by atoms with Crippen LogP contribution >= 0.6 is 35.6 Å². The first-order chi connectivity index (χ1) is 13.5. The van der Waals surface area contributed by atoms with Crippen LogP contribution in [0.1, 0.15) is 37.1 Å². The average Bonchev–Trinajstić information content (AvgIpc) is 3.34. The van der Waals surface area contributed by atoms with E-state index in [1.165, 1.54) is 0 Å². The molecule has 0 radical (unpaired) electrons. The van der Waals surface area contributed by atoms with Crippen molar-refractivity contribution in [2.75, 3.05) is 13.6 Å². The molecule has 2 heterocycles. The fourth-order valence-corrected chi connectivity index (χ4v) is 2.66. The summed E-state index contributed by atoms with van der Waals surface area (Å²) in [6.07, 6.45) is 0.564. The maximum absolute atomic E-state index is 6.00. The standard InChI is InChI=1S/C19H23ClN6O2.HI/c1-12(2)16-10-15(27-25-16)11-23-19(21-3)22-8-7-17-24-18(26-28-17)13-5-4-6-14(20)9-13;/h4-6,9-10,12H,7-8,11H2,1-3H3,(H2,21,22,23);1H. The molecule has 10 heteroatoms. The zero-order valence-electron chi connectivity index (χ0n) is 16.5. The van der Waals surface area contributed by atoms with E-state index in [-0.39, 0.29) is 24.0 Å². The Morgan fingerprint density at radius 2 is 2.00 bits per heavy atom. The van der Waals surface area contributed by atoms with Crippen LogP contribution in [0.15, 0.2) is 44.4 Å². The largest absolute Gasteiger partial charge is 0.359 e. The van der Waals surface area contributed by atoms with Crippen molar-refractivity contribution in [3.63, 3.8) is 0 Å². The van der Waals surface area contributed by atoms with Crippen molar-refractivity contribution in [2.24, 2.45) is 4.99 Å². The first kappa shape index (κ1) is 23.1. The summed E-state index contributed by atoms with van der Waals surface area (Å²) >= 11 is 6.00. The van der Waals surface area contributed by atoms with Gasteiger partial charge in [0, 0.05) is 36.7 Å². The Kier molecular flexibility index (Phi) is 8.90. The molecule has 2 N–H and O–H groups in total. The molecule has 0 amide bonds. The Labute approximate surface area is 191 Å². The van der Waals surface area contributed by atoms with Gasteiger partial charge >= 0.3 is 0 Å². The van der Waals surface area contributed by atoms with Gasteiger partial charge in [0.25, 0.3) is 0 Å². The van der Waals surface area contributed by atoms with Crippen LogP contribution in [0.5, 0.6) is 0 Å². The molecule has 0 atom stereocenters. The van der Waals surface area contributed by atoms with Crippen LogP contribution in [-0.4, -0.2) is 34.8 Å². The lowest BCUT2D eigenvalue weighted by atomic mass is 10.1. The van der Waals surface area contributed by atoms with Crippen LogP contribution in [0.3, 0.4) is 0 Å². The van der Waals surface area contributed by atoms with Crippen molar-refractivity contribution in [3.05, 3.63) is 52.7 Å². The second-order valence-corrected chi connectivity index (χ2v) is 6.93. The van der Waals surface area contributed by atoms with Gasteiger partial charge in [-0.1, -0.05) is 47.9 Å². The second kappa shape index (κ2) is 11.1. The van der Waals surface area contributed by atoms with Crippen LogP contribution in [0.4, 0.5) is 0 Å². The number of halogens is 2. The van der Waals surface area contributed by atoms with E-state index in [4.69, 9.17) is 20.6 Å². The number of nitrogens with zero attached hydrogens (tertiary/aromatic N) is 4. The van der Waals surface area contributed by atoms with E-state index in [1.54, 1.807) is 19.2 Å². The molecule has 0 fully saturated rings. The highest BCUT2D eigenvalue weighted by molar-refractivity contribution is 14.0. The highest BCUT2D eigenvalue weighted by atomic mass is 127. The number of rotatable bonds is 7. The van der Waals surface area contributed by atoms with E-state index in [0.717, 1.165) is 17.0 Å². The Bertz CT molecular complexity index is 940. The lowest BCUT2D eigenvalue weighted by molar-refractivity contribution is 0.371. The quantitative estimate of drug-likeness (QED) is 0.270. The van der Waals surface area contributed by atoms with Crippen LogP contribution in [-0.2, 0) is 13.0 Å². The molecule has 2 aromatic heterocycles. The minimum absolute atomic E-state index is 0. The normalized spacial score (nSPS) is 11.4. The van der Waals surface area contributed by atoms with Crippen molar-refractivity contribution in [1.29, 1.82) is 0 Å². The van der Waals surface area contributed by atoms with Crippen LogP contribution in [0.25, 0.3) is 11.4 Å². The summed E-state index contributed by atoms with van der Waals surface area (Å²) in [5, 5.41) is 15.1. The predicted molar refractivity (Wildman–Crippen MR) is 123 cm³/mol. The molecule has 156 valence electrons. The molecule has 0 aliphatic rings. The third-order valence-corrected chi connectivity index (χ3v) is 4.24. The van der Waals surface area contributed by atoms with Gasteiger partial charge in [-0.15, -0.1) is 24.0 Å². The molecule has 8 nitrogen and oxygen atoms in total. The number of hydrogen-bond donors (Lipinski definition) is 2. The van der Waals surface area contributed by atoms with Gasteiger partial charge in [0.05, 0.1) is 12.2 Å². The summed E-state index contributed by atoms with van der Waals surface area (Å²) in [6.45, 7) is 5.24. The van der Waals surface area contributed by atoms with E-state index >= 15 is 0 Å². The fraction of sp³-hybridized carbons (Fsp3) is 0.368. The maximum Gasteiger partial charge on any atom is 0.228 e. The molecule has 0 saturated heterocycles. The Balaban J connectivity index is 0.00000300. The molecule has 0 aliphatic heterocycles. The Morgan fingerprint density at radius 3 is 2.69 bits per heavy atom. The molecule has 0 aliphatic carbocycles. The predicted octanol–water partition coefficient (Wildman–Crippen LogP) is 4.03. The highest BCUT2D eigenvalue weighted by Gasteiger charge is 2.10. The number of hydrogen-bond acceptors (Lipinski definition) is 6. The molecule has 3 rings (SSSR count). The fourth-order valence-electron chi connectivity index (χ4n) is 2.46. The number of aliphatic imine (C=N–C) groups is 1. The van der Waals surface area contributed by atoms with Crippen molar-refractivity contribution in [1.82, 2.24) is 25.9 Å². The minimum Gasteiger partial charge on any atom is -0.359 e. The van der Waals surface area contributed by atoms with E-state index in [2.05, 4.69) is 44.8 Å². The Morgan fingerprint density at radius 1 is 1.17 bits per heavy atom. The monoisotopic (exact) mass is 530 g/mol. The van der Waals surface area contributed by atoms with Crippen LogP contribution in [0, 0.1) is 0 Å². The summed E-state index contributed by atoms with van der Waals surface area (Å²) < 4.78 is 10.6. The van der Waals surface area contributed by atoms with Crippen molar-refractivity contribution >= 4 is 41.5 Å². The van der Waals surface area contributed by atoms with Crippen LogP contribution in [0.2, 0.25) is 5.02 Å². The smallest absolute Gasteiger partial charge is 0.228 e. The highest BCUT2D eigenvalue weighted by Crippen LogP contribution is 2.20. The van der Waals surface area contributed by atoms with Gasteiger partial charge in [-0.2, -0.15) is 4.98 Å². The van der Waals surface area contributed by atoms with Crippen molar-refractivity contribution in [3.8, 4) is 11.4 Å². The summed E-state index contributed by atoms with van der Waals surface area (Å²) in [5.41, 5.74) is 1.76. The molecule has 0 saturated carbocycles. The van der Waals surface area contributed by atoms with Crippen LogP contribution < -0.4 is 10.6 Å².